The fourth-order valence-corrected chi connectivity index (χ4v) is 5.19. The molecule has 3 rings (SSSR count). The van der Waals surface area contributed by atoms with E-state index in [4.69, 9.17) is 0 Å². The van der Waals surface area contributed by atoms with Crippen molar-refractivity contribution in [2.24, 2.45) is 5.92 Å². The number of carbonyl (C=O) groups excluding carboxylic acids is 1. The van der Waals surface area contributed by atoms with Crippen molar-refractivity contribution < 1.29 is 26.7 Å². The van der Waals surface area contributed by atoms with E-state index >= 15 is 0 Å². The Morgan fingerprint density at radius 2 is 1.86 bits per heavy atom. The SMILES string of the molecule is O=C1C[C@H]2CS(=O)(=O)C[C@@H]2N1c1ccc(OC(F)(F)Cl)cc1. The van der Waals surface area contributed by atoms with Crippen LogP contribution in [-0.4, -0.2) is 37.4 Å². The molecule has 0 aromatic heterocycles. The Hall–Kier alpha value is -1.41. The first-order valence-corrected chi connectivity index (χ1v) is 8.73. The topological polar surface area (TPSA) is 63.7 Å². The van der Waals surface area contributed by atoms with Gasteiger partial charge in [-0.15, -0.1) is 8.78 Å². The van der Waals surface area contributed by atoms with Gasteiger partial charge in [-0.2, -0.15) is 0 Å². The summed E-state index contributed by atoms with van der Waals surface area (Å²) < 4.78 is 52.7. The van der Waals surface area contributed by atoms with Gasteiger partial charge in [-0.1, -0.05) is 0 Å². The summed E-state index contributed by atoms with van der Waals surface area (Å²) in [6.07, 6.45) is 0.182. The van der Waals surface area contributed by atoms with Crippen LogP contribution in [-0.2, 0) is 14.6 Å². The lowest BCUT2D eigenvalue weighted by Crippen LogP contribution is -2.36. The highest BCUT2D eigenvalue weighted by molar-refractivity contribution is 7.91. The van der Waals surface area contributed by atoms with Crippen LogP contribution >= 0.6 is 11.6 Å². The zero-order chi connectivity index (χ0) is 16.1. The van der Waals surface area contributed by atoms with Gasteiger partial charge < -0.3 is 9.64 Å². The van der Waals surface area contributed by atoms with Crippen molar-refractivity contribution in [3.8, 4) is 5.75 Å². The normalized spacial score (nSPS) is 27.0. The molecule has 1 amide bonds. The van der Waals surface area contributed by atoms with E-state index in [-0.39, 0.29) is 35.5 Å². The second-order valence-electron chi connectivity index (χ2n) is 5.41. The number of anilines is 1. The lowest BCUT2D eigenvalue weighted by molar-refractivity contribution is -0.117. The lowest BCUT2D eigenvalue weighted by atomic mass is 10.0. The molecule has 2 aliphatic heterocycles. The van der Waals surface area contributed by atoms with Gasteiger partial charge in [0, 0.05) is 29.6 Å². The van der Waals surface area contributed by atoms with E-state index in [1.54, 1.807) is 0 Å². The lowest BCUT2D eigenvalue weighted by Gasteiger charge is -2.23. The van der Waals surface area contributed by atoms with Crippen LogP contribution in [0.15, 0.2) is 24.3 Å². The van der Waals surface area contributed by atoms with E-state index in [2.05, 4.69) is 16.3 Å². The number of nitrogens with zero attached hydrogens (tertiary/aromatic N) is 1. The predicted octanol–water partition coefficient (Wildman–Crippen LogP) is 2.00. The maximum Gasteiger partial charge on any atom is 0.487 e. The summed E-state index contributed by atoms with van der Waals surface area (Å²) in [6.45, 7) is 0. The van der Waals surface area contributed by atoms with Gasteiger partial charge >= 0.3 is 5.57 Å². The third kappa shape index (κ3) is 3.03. The number of fused-ring (bicyclic) bond motifs is 1. The number of carbonyl (C=O) groups is 1. The van der Waals surface area contributed by atoms with E-state index in [0.29, 0.717) is 5.69 Å². The Morgan fingerprint density at radius 1 is 1.23 bits per heavy atom. The van der Waals surface area contributed by atoms with Gasteiger partial charge in [0.15, 0.2) is 9.84 Å². The van der Waals surface area contributed by atoms with Gasteiger partial charge in [-0.05, 0) is 24.3 Å². The summed E-state index contributed by atoms with van der Waals surface area (Å²) in [7, 11) is -3.14. The largest absolute Gasteiger partial charge is 0.487 e. The molecule has 0 saturated carbocycles. The second-order valence-corrected chi connectivity index (χ2v) is 8.01. The second kappa shape index (κ2) is 5.06. The smallest absolute Gasteiger partial charge is 0.420 e. The van der Waals surface area contributed by atoms with Crippen LogP contribution in [0.4, 0.5) is 14.5 Å². The third-order valence-electron chi connectivity index (χ3n) is 3.82. The van der Waals surface area contributed by atoms with Crippen molar-refractivity contribution in [2.45, 2.75) is 18.0 Å². The number of rotatable bonds is 3. The Bertz CT molecular complexity index is 702. The average molecular weight is 352 g/mol. The molecule has 1 aromatic rings. The quantitative estimate of drug-likeness (QED) is 0.781. The molecular formula is C13H12ClF2NO4S. The molecule has 0 unspecified atom stereocenters. The average Bonchev–Trinajstić information content (AvgIpc) is 2.79. The van der Waals surface area contributed by atoms with Crippen molar-refractivity contribution in [2.75, 3.05) is 16.4 Å². The standard InChI is InChI=1S/C13H12ClF2NO4S/c14-13(15,16)21-10-3-1-9(2-4-10)17-11-7-22(19,20)6-8(11)5-12(17)18/h1-4,8,11H,5-7H2/t8-,11-/m0/s1. The van der Waals surface area contributed by atoms with E-state index in [0.717, 1.165) is 0 Å². The molecule has 2 heterocycles. The minimum absolute atomic E-state index is 0.0135. The van der Waals surface area contributed by atoms with Crippen LogP contribution < -0.4 is 9.64 Å². The van der Waals surface area contributed by atoms with E-state index in [1.165, 1.54) is 29.2 Å². The van der Waals surface area contributed by atoms with E-state index in [9.17, 15) is 22.0 Å². The van der Waals surface area contributed by atoms with E-state index < -0.39 is 21.4 Å². The van der Waals surface area contributed by atoms with Crippen molar-refractivity contribution in [3.05, 3.63) is 24.3 Å². The summed E-state index contributed by atoms with van der Waals surface area (Å²) in [6, 6.07) is 5.00. The minimum Gasteiger partial charge on any atom is -0.420 e. The molecule has 1 aromatic carbocycles. The summed E-state index contributed by atoms with van der Waals surface area (Å²) >= 11 is 4.68. The summed E-state index contributed by atoms with van der Waals surface area (Å²) in [5.41, 5.74) is -3.35. The fourth-order valence-electron chi connectivity index (χ4n) is 3.03. The fraction of sp³-hybridized carbons (Fsp3) is 0.462. The van der Waals surface area contributed by atoms with Crippen LogP contribution in [0.2, 0.25) is 0 Å². The summed E-state index contributed by atoms with van der Waals surface area (Å²) in [5, 5.41) is 0. The molecule has 0 bridgehead atoms. The molecule has 0 N–H and O–H groups in total. The molecule has 0 aliphatic carbocycles. The monoisotopic (exact) mass is 351 g/mol. The van der Waals surface area contributed by atoms with Crippen LogP contribution in [0.5, 0.6) is 5.75 Å². The van der Waals surface area contributed by atoms with Gasteiger partial charge in [0.2, 0.25) is 5.91 Å². The van der Waals surface area contributed by atoms with Crippen LogP contribution in [0, 0.1) is 5.92 Å². The van der Waals surface area contributed by atoms with Crippen LogP contribution in [0.3, 0.4) is 0 Å². The van der Waals surface area contributed by atoms with Crippen molar-refractivity contribution in [3.63, 3.8) is 0 Å². The highest BCUT2D eigenvalue weighted by Gasteiger charge is 2.49. The first kappa shape index (κ1) is 15.5. The number of ether oxygens (including phenoxy) is 1. The summed E-state index contributed by atoms with van der Waals surface area (Å²) in [5.74, 6) is -0.575. The highest BCUT2D eigenvalue weighted by Crippen LogP contribution is 2.37. The Morgan fingerprint density at radius 3 is 2.45 bits per heavy atom. The molecular weight excluding hydrogens is 340 g/mol. The Labute approximate surface area is 130 Å². The number of benzene rings is 1. The van der Waals surface area contributed by atoms with Gasteiger partial charge in [-0.3, -0.25) is 4.79 Å². The van der Waals surface area contributed by atoms with E-state index in [1.807, 2.05) is 0 Å². The zero-order valence-corrected chi connectivity index (χ0v) is 12.8. The number of alkyl halides is 3. The number of hydrogen-bond acceptors (Lipinski definition) is 4. The molecule has 2 aliphatic rings. The van der Waals surface area contributed by atoms with Gasteiger partial charge in [0.1, 0.15) is 5.75 Å². The molecule has 0 radical (unpaired) electrons. The van der Waals surface area contributed by atoms with Crippen LogP contribution in [0.1, 0.15) is 6.42 Å². The molecule has 2 fully saturated rings. The van der Waals surface area contributed by atoms with Crippen molar-refractivity contribution in [1.82, 2.24) is 0 Å². The first-order chi connectivity index (χ1) is 10.1. The first-order valence-electron chi connectivity index (χ1n) is 6.53. The molecule has 0 spiro atoms. The maximum atomic E-state index is 12.5. The number of hydrogen-bond donors (Lipinski definition) is 0. The highest BCUT2D eigenvalue weighted by atomic mass is 35.5. The Kier molecular flexibility index (Phi) is 3.56. The van der Waals surface area contributed by atoms with Gasteiger partial charge in [0.05, 0.1) is 17.5 Å². The molecule has 2 saturated heterocycles. The summed E-state index contributed by atoms with van der Waals surface area (Å²) in [4.78, 5) is 13.5. The molecule has 120 valence electrons. The zero-order valence-electron chi connectivity index (χ0n) is 11.2. The molecule has 22 heavy (non-hydrogen) atoms. The van der Waals surface area contributed by atoms with Crippen molar-refractivity contribution in [1.29, 1.82) is 0 Å². The van der Waals surface area contributed by atoms with Crippen LogP contribution in [0.25, 0.3) is 0 Å². The number of sulfone groups is 1. The molecule has 5 nitrogen and oxygen atoms in total. The minimum atomic E-state index is -3.81. The molecule has 2 atom stereocenters. The van der Waals surface area contributed by atoms with Gasteiger partial charge in [-0.25, -0.2) is 8.42 Å². The predicted molar refractivity (Wildman–Crippen MR) is 75.9 cm³/mol. The van der Waals surface area contributed by atoms with Gasteiger partial charge in [0.25, 0.3) is 0 Å². The molecule has 9 heteroatoms. The Balaban J connectivity index is 1.83. The number of halogens is 3. The maximum absolute atomic E-state index is 12.5. The third-order valence-corrected chi connectivity index (χ3v) is 5.69. The van der Waals surface area contributed by atoms with Crippen molar-refractivity contribution >= 4 is 33.0 Å². The number of amides is 1.